The molecule has 1 N–H and O–H groups in total. The number of anilines is 1. The fourth-order valence-electron chi connectivity index (χ4n) is 3.22. The van der Waals surface area contributed by atoms with Crippen molar-refractivity contribution in [3.63, 3.8) is 0 Å². The van der Waals surface area contributed by atoms with Crippen LogP contribution in [0.2, 0.25) is 5.02 Å². The number of halogens is 1. The number of nitrogens with one attached hydrogen (secondary N) is 1. The molecule has 0 heterocycles. The second-order valence-corrected chi connectivity index (χ2v) is 10.6. The Hall–Kier alpha value is -2.62. The van der Waals surface area contributed by atoms with Crippen LogP contribution in [0.5, 0.6) is 0 Å². The van der Waals surface area contributed by atoms with Crippen LogP contribution < -0.4 is 9.62 Å². The van der Waals surface area contributed by atoms with Crippen LogP contribution in [0.3, 0.4) is 0 Å². The second kappa shape index (κ2) is 12.7. The summed E-state index contributed by atoms with van der Waals surface area (Å²) in [5, 5.41) is 3.41. The van der Waals surface area contributed by atoms with Gasteiger partial charge in [-0.05, 0) is 43.2 Å². The van der Waals surface area contributed by atoms with E-state index in [9.17, 15) is 18.0 Å². The average Bonchev–Trinajstić information content (AvgIpc) is 2.82. The summed E-state index contributed by atoms with van der Waals surface area (Å²) in [4.78, 5) is 27.7. The summed E-state index contributed by atoms with van der Waals surface area (Å²) in [5.41, 5.74) is 1.13. The predicted octanol–water partition coefficient (Wildman–Crippen LogP) is 3.29. The Bertz CT molecular complexity index is 1050. The highest BCUT2D eigenvalue weighted by atomic mass is 35.5. The van der Waals surface area contributed by atoms with Crippen molar-refractivity contribution in [3.8, 4) is 0 Å². The minimum atomic E-state index is -3.96. The molecular weight excluding hydrogens is 476 g/mol. The van der Waals surface area contributed by atoms with E-state index in [0.29, 0.717) is 17.3 Å². The number of carbonyl (C=O) groups is 2. The van der Waals surface area contributed by atoms with Gasteiger partial charge in [0.15, 0.2) is 0 Å². The molecule has 1 atom stereocenters. The van der Waals surface area contributed by atoms with Crippen molar-refractivity contribution in [1.82, 2.24) is 14.5 Å². The number of amides is 2. The fraction of sp³-hybridized carbons (Fsp3) is 0.417. The van der Waals surface area contributed by atoms with Gasteiger partial charge >= 0.3 is 10.2 Å². The number of carbonyl (C=O) groups excluding carboxylic acids is 2. The van der Waals surface area contributed by atoms with Crippen molar-refractivity contribution in [2.24, 2.45) is 0 Å². The summed E-state index contributed by atoms with van der Waals surface area (Å²) < 4.78 is 28.2. The zero-order valence-electron chi connectivity index (χ0n) is 20.1. The van der Waals surface area contributed by atoms with Gasteiger partial charge in [0.1, 0.15) is 12.6 Å². The van der Waals surface area contributed by atoms with Crippen LogP contribution in [0.4, 0.5) is 5.69 Å². The number of unbranched alkanes of at least 4 members (excludes halogenated alkanes) is 1. The van der Waals surface area contributed by atoms with Gasteiger partial charge in [-0.25, -0.2) is 4.31 Å². The zero-order chi connectivity index (χ0) is 25.3. The summed E-state index contributed by atoms with van der Waals surface area (Å²) in [6.07, 6.45) is 1.75. The van der Waals surface area contributed by atoms with Crippen LogP contribution in [0.15, 0.2) is 54.6 Å². The molecule has 34 heavy (non-hydrogen) atoms. The van der Waals surface area contributed by atoms with Crippen molar-refractivity contribution in [2.45, 2.75) is 39.3 Å². The second-order valence-electron chi connectivity index (χ2n) is 8.10. The molecule has 0 saturated heterocycles. The smallest absolute Gasteiger partial charge is 0.304 e. The standard InChI is InChI=1S/C24H33ClN4O4S/c1-5-6-16-26-24(31)19(2)28(17-20-12-14-21(25)15-13-20)23(30)18-29(34(32,33)27(3)4)22-10-8-7-9-11-22/h7-15,19H,5-6,16-18H2,1-4H3,(H,26,31)/t19-/m0/s1. The summed E-state index contributed by atoms with van der Waals surface area (Å²) in [6, 6.07) is 14.6. The molecule has 0 aliphatic carbocycles. The van der Waals surface area contributed by atoms with Crippen LogP contribution in [-0.2, 0) is 26.3 Å². The molecule has 10 heteroatoms. The van der Waals surface area contributed by atoms with Gasteiger partial charge in [-0.3, -0.25) is 9.59 Å². The SMILES string of the molecule is CCCCNC(=O)[C@H](C)N(Cc1ccc(Cl)cc1)C(=O)CN(c1ccccc1)S(=O)(=O)N(C)C. The highest BCUT2D eigenvalue weighted by molar-refractivity contribution is 7.90. The topological polar surface area (TPSA) is 90.0 Å². The lowest BCUT2D eigenvalue weighted by atomic mass is 10.1. The van der Waals surface area contributed by atoms with Crippen molar-refractivity contribution in [1.29, 1.82) is 0 Å². The third kappa shape index (κ3) is 7.44. The van der Waals surface area contributed by atoms with Crippen LogP contribution in [-0.4, -0.2) is 62.7 Å². The van der Waals surface area contributed by atoms with Gasteiger partial charge in [0, 0.05) is 32.2 Å². The largest absolute Gasteiger partial charge is 0.354 e. The molecule has 2 aromatic carbocycles. The summed E-state index contributed by atoms with van der Waals surface area (Å²) in [5.74, 6) is -0.792. The molecule has 0 saturated carbocycles. The number of benzene rings is 2. The zero-order valence-corrected chi connectivity index (χ0v) is 21.6. The number of hydrogen-bond donors (Lipinski definition) is 1. The van der Waals surface area contributed by atoms with Gasteiger partial charge < -0.3 is 10.2 Å². The van der Waals surface area contributed by atoms with Crippen molar-refractivity contribution in [2.75, 3.05) is 31.5 Å². The number of para-hydroxylation sites is 1. The number of nitrogens with zero attached hydrogens (tertiary/aromatic N) is 3. The number of hydrogen-bond acceptors (Lipinski definition) is 4. The normalized spacial score (nSPS) is 12.3. The van der Waals surface area contributed by atoms with E-state index in [1.807, 2.05) is 6.92 Å². The maximum absolute atomic E-state index is 13.5. The molecule has 0 bridgehead atoms. The Morgan fingerprint density at radius 2 is 1.65 bits per heavy atom. The molecular formula is C24H33ClN4O4S. The van der Waals surface area contributed by atoms with Gasteiger partial charge in [-0.2, -0.15) is 12.7 Å². The quantitative estimate of drug-likeness (QED) is 0.445. The lowest BCUT2D eigenvalue weighted by Crippen LogP contribution is -2.52. The first-order valence-corrected chi connectivity index (χ1v) is 12.9. The third-order valence-corrected chi connectivity index (χ3v) is 7.40. The van der Waals surface area contributed by atoms with E-state index in [2.05, 4.69) is 5.32 Å². The highest BCUT2D eigenvalue weighted by Gasteiger charge is 2.32. The molecule has 0 aliphatic rings. The molecule has 0 fully saturated rings. The third-order valence-electron chi connectivity index (χ3n) is 5.33. The molecule has 0 aromatic heterocycles. The Labute approximate surface area is 207 Å². The first-order chi connectivity index (χ1) is 16.1. The molecule has 0 spiro atoms. The highest BCUT2D eigenvalue weighted by Crippen LogP contribution is 2.20. The van der Waals surface area contributed by atoms with E-state index in [4.69, 9.17) is 11.6 Å². The average molecular weight is 509 g/mol. The van der Waals surface area contributed by atoms with Crippen molar-refractivity contribution >= 4 is 39.3 Å². The van der Waals surface area contributed by atoms with E-state index in [-0.39, 0.29) is 12.5 Å². The van der Waals surface area contributed by atoms with Gasteiger partial charge in [0.2, 0.25) is 11.8 Å². The van der Waals surface area contributed by atoms with E-state index < -0.39 is 28.7 Å². The van der Waals surface area contributed by atoms with E-state index in [0.717, 1.165) is 27.0 Å². The van der Waals surface area contributed by atoms with Crippen LogP contribution in [0.1, 0.15) is 32.3 Å². The first-order valence-electron chi connectivity index (χ1n) is 11.1. The lowest BCUT2D eigenvalue weighted by Gasteiger charge is -2.32. The van der Waals surface area contributed by atoms with E-state index in [1.165, 1.54) is 19.0 Å². The minimum Gasteiger partial charge on any atom is -0.354 e. The number of rotatable bonds is 12. The fourth-order valence-corrected chi connectivity index (χ4v) is 4.40. The van der Waals surface area contributed by atoms with Gasteiger partial charge in [-0.15, -0.1) is 0 Å². The molecule has 2 amide bonds. The molecule has 2 rings (SSSR count). The lowest BCUT2D eigenvalue weighted by molar-refractivity contribution is -0.139. The molecule has 8 nitrogen and oxygen atoms in total. The summed E-state index contributed by atoms with van der Waals surface area (Å²) >= 11 is 5.99. The van der Waals surface area contributed by atoms with Gasteiger partial charge in [0.05, 0.1) is 5.69 Å². The maximum atomic E-state index is 13.5. The van der Waals surface area contributed by atoms with E-state index >= 15 is 0 Å². The Balaban J connectivity index is 2.37. The van der Waals surface area contributed by atoms with Crippen LogP contribution >= 0.6 is 11.6 Å². The molecule has 0 radical (unpaired) electrons. The monoisotopic (exact) mass is 508 g/mol. The van der Waals surface area contributed by atoms with Crippen molar-refractivity contribution in [3.05, 3.63) is 65.2 Å². The minimum absolute atomic E-state index is 0.128. The molecule has 186 valence electrons. The molecule has 0 aliphatic heterocycles. The molecule has 2 aromatic rings. The van der Waals surface area contributed by atoms with Crippen molar-refractivity contribution < 1.29 is 18.0 Å². The van der Waals surface area contributed by atoms with Gasteiger partial charge in [-0.1, -0.05) is 55.3 Å². The van der Waals surface area contributed by atoms with Crippen LogP contribution in [0.25, 0.3) is 0 Å². The summed E-state index contributed by atoms with van der Waals surface area (Å²) in [6.45, 7) is 3.85. The Morgan fingerprint density at radius 1 is 1.03 bits per heavy atom. The summed E-state index contributed by atoms with van der Waals surface area (Å²) in [7, 11) is -1.15. The Kier molecular flexibility index (Phi) is 10.3. The maximum Gasteiger partial charge on any atom is 0.304 e. The Morgan fingerprint density at radius 3 is 2.21 bits per heavy atom. The predicted molar refractivity (Wildman–Crippen MR) is 136 cm³/mol. The first kappa shape index (κ1) is 27.6. The van der Waals surface area contributed by atoms with Crippen LogP contribution in [0, 0.1) is 0 Å². The molecule has 0 unspecified atom stereocenters. The van der Waals surface area contributed by atoms with E-state index in [1.54, 1.807) is 61.5 Å². The van der Waals surface area contributed by atoms with Gasteiger partial charge in [0.25, 0.3) is 0 Å².